The van der Waals surface area contributed by atoms with E-state index in [1.165, 1.54) is 11.3 Å². The largest absolute Gasteiger partial charge is 0.271 e. The number of rotatable bonds is 3. The highest BCUT2D eigenvalue weighted by atomic mass is 79.9. The minimum absolute atomic E-state index is 0.0603. The molecule has 19 heavy (non-hydrogen) atoms. The molecule has 0 spiro atoms. The van der Waals surface area contributed by atoms with E-state index in [9.17, 15) is 4.39 Å². The summed E-state index contributed by atoms with van der Waals surface area (Å²) in [5.74, 6) is 5.10. The van der Waals surface area contributed by atoms with Crippen molar-refractivity contribution in [1.29, 1.82) is 0 Å². The van der Waals surface area contributed by atoms with Crippen molar-refractivity contribution in [1.82, 2.24) is 5.43 Å². The molecule has 1 aromatic carbocycles. The lowest BCUT2D eigenvalue weighted by atomic mass is 10.0. The van der Waals surface area contributed by atoms with Gasteiger partial charge in [0.05, 0.1) is 14.9 Å². The number of hydrogen-bond acceptors (Lipinski definition) is 3. The second-order valence-corrected chi connectivity index (χ2v) is 7.60. The van der Waals surface area contributed by atoms with Crippen LogP contribution in [-0.4, -0.2) is 0 Å². The van der Waals surface area contributed by atoms with Crippen molar-refractivity contribution >= 4 is 54.8 Å². The number of hydrazine groups is 1. The van der Waals surface area contributed by atoms with E-state index in [0.717, 1.165) is 14.2 Å². The van der Waals surface area contributed by atoms with Gasteiger partial charge >= 0.3 is 0 Å². The van der Waals surface area contributed by atoms with Crippen LogP contribution >= 0.6 is 54.8 Å². The molecule has 0 saturated carbocycles. The maximum absolute atomic E-state index is 14.2. The third kappa shape index (κ3) is 3.04. The topological polar surface area (TPSA) is 38.0 Å². The van der Waals surface area contributed by atoms with Crippen LogP contribution in [0.15, 0.2) is 26.5 Å². The molecular formula is C12H10Br2ClFN2S. The molecule has 102 valence electrons. The van der Waals surface area contributed by atoms with Crippen molar-refractivity contribution < 1.29 is 4.39 Å². The lowest BCUT2D eigenvalue weighted by Crippen LogP contribution is -2.29. The van der Waals surface area contributed by atoms with Crippen LogP contribution in [0.2, 0.25) is 5.02 Å². The molecule has 3 N–H and O–H groups in total. The SMILES string of the molecule is Cc1cc(C(NN)c2ccc(Br)c(Cl)c2F)sc1Br. The van der Waals surface area contributed by atoms with Gasteiger partial charge < -0.3 is 0 Å². The number of hydrogen-bond donors (Lipinski definition) is 2. The van der Waals surface area contributed by atoms with E-state index in [1.54, 1.807) is 12.1 Å². The van der Waals surface area contributed by atoms with Crippen LogP contribution in [0.5, 0.6) is 0 Å². The molecule has 0 radical (unpaired) electrons. The molecule has 1 atom stereocenters. The van der Waals surface area contributed by atoms with Gasteiger partial charge in [0.25, 0.3) is 0 Å². The van der Waals surface area contributed by atoms with Crippen LogP contribution < -0.4 is 11.3 Å². The predicted molar refractivity (Wildman–Crippen MR) is 85.0 cm³/mol. The fourth-order valence-corrected chi connectivity index (χ4v) is 3.84. The molecule has 2 aromatic rings. The van der Waals surface area contributed by atoms with E-state index in [2.05, 4.69) is 37.3 Å². The maximum Gasteiger partial charge on any atom is 0.148 e. The number of nitrogens with two attached hydrogens (primary N) is 1. The summed E-state index contributed by atoms with van der Waals surface area (Å²) in [4.78, 5) is 0.921. The molecule has 2 rings (SSSR count). The van der Waals surface area contributed by atoms with Gasteiger partial charge in [-0.25, -0.2) is 9.82 Å². The van der Waals surface area contributed by atoms with E-state index in [-0.39, 0.29) is 5.02 Å². The Morgan fingerprint density at radius 2 is 2.11 bits per heavy atom. The predicted octanol–water partition coefficient (Wildman–Crippen LogP) is 4.93. The number of thiophene rings is 1. The highest BCUT2D eigenvalue weighted by molar-refractivity contribution is 9.11. The Labute approximate surface area is 136 Å². The van der Waals surface area contributed by atoms with Gasteiger partial charge in [0.2, 0.25) is 0 Å². The number of halogens is 4. The van der Waals surface area contributed by atoms with Crippen LogP contribution in [-0.2, 0) is 0 Å². The summed E-state index contributed by atoms with van der Waals surface area (Å²) in [5.41, 5.74) is 4.15. The monoisotopic (exact) mass is 426 g/mol. The van der Waals surface area contributed by atoms with Gasteiger partial charge in [0, 0.05) is 14.9 Å². The summed E-state index contributed by atoms with van der Waals surface area (Å²) >= 11 is 14.1. The number of aryl methyl sites for hydroxylation is 1. The van der Waals surface area contributed by atoms with E-state index in [1.807, 2.05) is 13.0 Å². The van der Waals surface area contributed by atoms with Crippen LogP contribution in [0.1, 0.15) is 22.0 Å². The minimum atomic E-state index is -0.471. The lowest BCUT2D eigenvalue weighted by molar-refractivity contribution is 0.564. The van der Waals surface area contributed by atoms with Crippen LogP contribution in [0, 0.1) is 12.7 Å². The molecule has 0 aliphatic heterocycles. The first kappa shape index (κ1) is 15.4. The average Bonchev–Trinajstić information content (AvgIpc) is 2.70. The molecule has 7 heteroatoms. The first-order valence-electron chi connectivity index (χ1n) is 5.31. The molecule has 2 nitrogen and oxygen atoms in total. The summed E-state index contributed by atoms with van der Waals surface area (Å²) in [5, 5.41) is 0.0603. The van der Waals surface area contributed by atoms with Crippen LogP contribution in [0.3, 0.4) is 0 Å². The van der Waals surface area contributed by atoms with Gasteiger partial charge in [-0.1, -0.05) is 17.7 Å². The fourth-order valence-electron chi connectivity index (χ4n) is 1.71. The first-order chi connectivity index (χ1) is 8.95. The third-order valence-corrected chi connectivity index (χ3v) is 6.16. The molecule has 0 saturated heterocycles. The van der Waals surface area contributed by atoms with Crippen molar-refractivity contribution in [3.8, 4) is 0 Å². The first-order valence-corrected chi connectivity index (χ1v) is 8.09. The molecule has 0 aliphatic rings. The normalized spacial score (nSPS) is 12.7. The molecule has 1 heterocycles. The molecule has 1 unspecified atom stereocenters. The Morgan fingerprint density at radius 1 is 1.42 bits per heavy atom. The van der Waals surface area contributed by atoms with Gasteiger partial charge in [-0.05, 0) is 56.5 Å². The zero-order valence-corrected chi connectivity index (χ0v) is 14.6. The van der Waals surface area contributed by atoms with Crippen LogP contribution in [0.25, 0.3) is 0 Å². The standard InChI is InChI=1S/C12H10Br2ClFN2S/c1-5-4-8(19-12(5)14)11(18-17)6-2-3-7(13)9(15)10(6)16/h2-4,11,18H,17H2,1H3. The summed E-state index contributed by atoms with van der Waals surface area (Å²) in [7, 11) is 0. The fraction of sp³-hybridized carbons (Fsp3) is 0.167. The Kier molecular flexibility index (Phi) is 5.03. The minimum Gasteiger partial charge on any atom is -0.271 e. The molecule has 0 bridgehead atoms. The quantitative estimate of drug-likeness (QED) is 0.413. The van der Waals surface area contributed by atoms with E-state index in [4.69, 9.17) is 17.4 Å². The van der Waals surface area contributed by atoms with Crippen molar-refractivity contribution in [2.75, 3.05) is 0 Å². The molecule has 0 aliphatic carbocycles. The smallest absolute Gasteiger partial charge is 0.148 e. The second-order valence-electron chi connectivity index (χ2n) is 3.97. The van der Waals surface area contributed by atoms with Gasteiger partial charge in [-0.3, -0.25) is 5.84 Å². The summed E-state index contributed by atoms with van der Waals surface area (Å²) in [6, 6.07) is 4.91. The zero-order chi connectivity index (χ0) is 14.2. The molecule has 0 fully saturated rings. The summed E-state index contributed by atoms with van der Waals surface area (Å²) in [6.07, 6.45) is 0. The van der Waals surface area contributed by atoms with Gasteiger partial charge in [0.1, 0.15) is 5.82 Å². The molecular weight excluding hydrogens is 418 g/mol. The number of nitrogens with one attached hydrogen (secondary N) is 1. The van der Waals surface area contributed by atoms with Crippen molar-refractivity contribution in [3.63, 3.8) is 0 Å². The van der Waals surface area contributed by atoms with E-state index in [0.29, 0.717) is 10.0 Å². The average molecular weight is 429 g/mol. The van der Waals surface area contributed by atoms with Crippen molar-refractivity contribution in [2.45, 2.75) is 13.0 Å². The Bertz CT molecular complexity index is 599. The molecule has 1 aromatic heterocycles. The van der Waals surface area contributed by atoms with Gasteiger partial charge in [-0.2, -0.15) is 0 Å². The van der Waals surface area contributed by atoms with Gasteiger partial charge in [-0.15, -0.1) is 11.3 Å². The Morgan fingerprint density at radius 3 is 2.63 bits per heavy atom. The zero-order valence-electron chi connectivity index (χ0n) is 9.81. The summed E-state index contributed by atoms with van der Waals surface area (Å²) in [6.45, 7) is 1.97. The summed E-state index contributed by atoms with van der Waals surface area (Å²) < 4.78 is 15.8. The third-order valence-electron chi connectivity index (χ3n) is 2.70. The highest BCUT2D eigenvalue weighted by Crippen LogP contribution is 2.37. The van der Waals surface area contributed by atoms with E-state index >= 15 is 0 Å². The van der Waals surface area contributed by atoms with Crippen LogP contribution in [0.4, 0.5) is 4.39 Å². The maximum atomic E-state index is 14.2. The van der Waals surface area contributed by atoms with Crippen molar-refractivity contribution in [2.24, 2.45) is 5.84 Å². The second kappa shape index (κ2) is 6.20. The van der Waals surface area contributed by atoms with Crippen molar-refractivity contribution in [3.05, 3.63) is 53.3 Å². The van der Waals surface area contributed by atoms with E-state index < -0.39 is 11.9 Å². The Balaban J connectivity index is 2.51. The highest BCUT2D eigenvalue weighted by Gasteiger charge is 2.22. The van der Waals surface area contributed by atoms with Gasteiger partial charge in [0.15, 0.2) is 0 Å². The number of benzene rings is 1. The molecule has 0 amide bonds. The Hall–Kier alpha value is 0.0200. The lowest BCUT2D eigenvalue weighted by Gasteiger charge is -2.16.